The highest BCUT2D eigenvalue weighted by Gasteiger charge is 2.25. The fraction of sp³-hybridized carbons (Fsp3) is 0.519. The number of hydrogen-bond acceptors (Lipinski definition) is 7. The molecule has 0 bridgehead atoms. The van der Waals surface area contributed by atoms with Gasteiger partial charge in [0.05, 0.1) is 40.6 Å². The molecular weight excluding hydrogens is 434 g/mol. The van der Waals surface area contributed by atoms with Gasteiger partial charge in [0.15, 0.2) is 23.0 Å². The minimum Gasteiger partial charge on any atom is -0.493 e. The summed E-state index contributed by atoms with van der Waals surface area (Å²) in [7, 11) is 6.47. The quantitative estimate of drug-likeness (QED) is 0.333. The first kappa shape index (κ1) is 25.7. The molecular formula is C27H37NO6. The number of aryl methyl sites for hydroxylation is 1. The van der Waals surface area contributed by atoms with E-state index in [1.54, 1.807) is 46.6 Å². The van der Waals surface area contributed by atoms with Gasteiger partial charge in [0.25, 0.3) is 0 Å². The third kappa shape index (κ3) is 6.14. The van der Waals surface area contributed by atoms with Gasteiger partial charge in [0.1, 0.15) is 0 Å². The van der Waals surface area contributed by atoms with E-state index >= 15 is 0 Å². The van der Waals surface area contributed by atoms with Gasteiger partial charge in [0, 0.05) is 6.04 Å². The number of benzene rings is 2. The number of nitrogens with zero attached hydrogens (tertiary/aromatic N) is 1. The molecule has 0 aliphatic heterocycles. The Morgan fingerprint density at radius 3 is 2.18 bits per heavy atom. The highest BCUT2D eigenvalue weighted by molar-refractivity contribution is 5.90. The lowest BCUT2D eigenvalue weighted by Crippen LogP contribution is -2.40. The summed E-state index contributed by atoms with van der Waals surface area (Å²) in [5.74, 6) is 2.35. The first-order chi connectivity index (χ1) is 16.5. The van der Waals surface area contributed by atoms with Crippen LogP contribution in [0.15, 0.2) is 30.3 Å². The van der Waals surface area contributed by atoms with Crippen molar-refractivity contribution in [2.24, 2.45) is 0 Å². The van der Waals surface area contributed by atoms with E-state index in [-0.39, 0.29) is 5.97 Å². The molecule has 1 aliphatic carbocycles. The zero-order chi connectivity index (χ0) is 24.5. The smallest absolute Gasteiger partial charge is 0.338 e. The van der Waals surface area contributed by atoms with Crippen LogP contribution in [0.3, 0.4) is 0 Å². The van der Waals surface area contributed by atoms with Gasteiger partial charge in [-0.15, -0.1) is 0 Å². The maximum Gasteiger partial charge on any atom is 0.338 e. The molecule has 2 aromatic rings. The average Bonchev–Trinajstić information content (AvgIpc) is 2.88. The van der Waals surface area contributed by atoms with Gasteiger partial charge in [-0.1, -0.05) is 6.92 Å². The molecule has 0 radical (unpaired) electrons. The number of hydrogen-bond donors (Lipinski definition) is 0. The van der Waals surface area contributed by atoms with Crippen LogP contribution >= 0.6 is 0 Å². The lowest BCUT2D eigenvalue weighted by atomic mass is 9.87. The SMILES string of the molecule is CCN(CCCCOC(=O)c1ccc(OC)c(OC)c1)C1CCc2cc(OC)c(OC)cc2C1. The van der Waals surface area contributed by atoms with Crippen LogP contribution in [-0.2, 0) is 17.6 Å². The Morgan fingerprint density at radius 2 is 1.53 bits per heavy atom. The third-order valence-corrected chi connectivity index (χ3v) is 6.52. The summed E-state index contributed by atoms with van der Waals surface area (Å²) in [6.07, 6.45) is 4.98. The van der Waals surface area contributed by atoms with Crippen molar-refractivity contribution in [2.45, 2.75) is 45.1 Å². The molecule has 7 heteroatoms. The van der Waals surface area contributed by atoms with Gasteiger partial charge >= 0.3 is 5.97 Å². The molecule has 0 heterocycles. The molecule has 2 aromatic carbocycles. The molecule has 0 spiro atoms. The van der Waals surface area contributed by atoms with E-state index in [2.05, 4.69) is 24.0 Å². The fourth-order valence-electron chi connectivity index (χ4n) is 4.60. The minimum atomic E-state index is -0.346. The molecule has 0 amide bonds. The van der Waals surface area contributed by atoms with Crippen molar-refractivity contribution in [1.29, 1.82) is 0 Å². The van der Waals surface area contributed by atoms with E-state index in [0.29, 0.717) is 29.7 Å². The Hall–Kier alpha value is -2.93. The Balaban J connectivity index is 1.47. The van der Waals surface area contributed by atoms with Gasteiger partial charge in [-0.3, -0.25) is 0 Å². The standard InChI is InChI=1S/C27H37NO6/c1-6-28(22-11-9-19-16-25(32-4)26(33-5)18-21(19)15-22)13-7-8-14-34-27(29)20-10-12-23(30-2)24(17-20)31-3/h10,12,16-18,22H,6-9,11,13-15H2,1-5H3. The number of fused-ring (bicyclic) bond motifs is 1. The van der Waals surface area contributed by atoms with E-state index in [1.807, 2.05) is 0 Å². The van der Waals surface area contributed by atoms with Gasteiger partial charge in [-0.05, 0) is 86.7 Å². The number of carbonyl (C=O) groups excluding carboxylic acids is 1. The minimum absolute atomic E-state index is 0.346. The second-order valence-electron chi connectivity index (χ2n) is 8.41. The summed E-state index contributed by atoms with van der Waals surface area (Å²) >= 11 is 0. The number of methoxy groups -OCH3 is 4. The molecule has 0 fully saturated rings. The Labute approximate surface area is 202 Å². The normalized spacial score (nSPS) is 14.9. The molecule has 1 atom stereocenters. The van der Waals surface area contributed by atoms with Crippen molar-refractivity contribution >= 4 is 5.97 Å². The predicted molar refractivity (Wildman–Crippen MR) is 132 cm³/mol. The topological polar surface area (TPSA) is 66.5 Å². The third-order valence-electron chi connectivity index (χ3n) is 6.52. The zero-order valence-electron chi connectivity index (χ0n) is 21.0. The molecule has 34 heavy (non-hydrogen) atoms. The average molecular weight is 472 g/mol. The Morgan fingerprint density at radius 1 is 0.882 bits per heavy atom. The lowest BCUT2D eigenvalue weighted by molar-refractivity contribution is 0.0492. The number of likely N-dealkylation sites (N-methyl/N-ethyl adjacent to an activating group) is 1. The molecule has 0 saturated carbocycles. The number of carbonyl (C=O) groups is 1. The molecule has 1 unspecified atom stereocenters. The Kier molecular flexibility index (Phi) is 9.45. The maximum absolute atomic E-state index is 12.4. The second kappa shape index (κ2) is 12.5. The monoisotopic (exact) mass is 471 g/mol. The maximum atomic E-state index is 12.4. The van der Waals surface area contributed by atoms with E-state index < -0.39 is 0 Å². The van der Waals surface area contributed by atoms with Crippen LogP contribution in [0.4, 0.5) is 0 Å². The van der Waals surface area contributed by atoms with Crippen LogP contribution in [0.2, 0.25) is 0 Å². The van der Waals surface area contributed by atoms with Crippen LogP contribution in [-0.4, -0.2) is 65.0 Å². The van der Waals surface area contributed by atoms with Crippen molar-refractivity contribution in [3.05, 3.63) is 47.0 Å². The number of rotatable bonds is 12. The van der Waals surface area contributed by atoms with Crippen LogP contribution in [0.25, 0.3) is 0 Å². The van der Waals surface area contributed by atoms with Crippen molar-refractivity contribution in [2.75, 3.05) is 48.1 Å². The van der Waals surface area contributed by atoms with Crippen LogP contribution in [0, 0.1) is 0 Å². The summed E-state index contributed by atoms with van der Waals surface area (Å²) in [6, 6.07) is 9.79. The van der Waals surface area contributed by atoms with E-state index in [4.69, 9.17) is 23.7 Å². The van der Waals surface area contributed by atoms with E-state index in [9.17, 15) is 4.79 Å². The molecule has 0 saturated heterocycles. The summed E-state index contributed by atoms with van der Waals surface area (Å²) in [5, 5.41) is 0. The molecule has 7 nitrogen and oxygen atoms in total. The molecule has 0 N–H and O–H groups in total. The number of esters is 1. The van der Waals surface area contributed by atoms with Crippen LogP contribution in [0.1, 0.15) is 47.7 Å². The number of ether oxygens (including phenoxy) is 5. The van der Waals surface area contributed by atoms with Crippen molar-refractivity contribution in [1.82, 2.24) is 4.90 Å². The summed E-state index contributed by atoms with van der Waals surface area (Å²) < 4.78 is 26.9. The van der Waals surface area contributed by atoms with Gasteiger partial charge < -0.3 is 28.6 Å². The molecule has 0 aromatic heterocycles. The van der Waals surface area contributed by atoms with Crippen molar-refractivity contribution in [3.63, 3.8) is 0 Å². The largest absolute Gasteiger partial charge is 0.493 e. The molecule has 3 rings (SSSR count). The second-order valence-corrected chi connectivity index (χ2v) is 8.41. The highest BCUT2D eigenvalue weighted by atomic mass is 16.5. The summed E-state index contributed by atoms with van der Waals surface area (Å²) in [6.45, 7) is 4.59. The van der Waals surface area contributed by atoms with E-state index in [0.717, 1.165) is 56.7 Å². The van der Waals surface area contributed by atoms with Crippen LogP contribution < -0.4 is 18.9 Å². The molecule has 186 valence electrons. The zero-order valence-corrected chi connectivity index (χ0v) is 21.0. The van der Waals surface area contributed by atoms with Gasteiger partial charge in [-0.25, -0.2) is 4.79 Å². The summed E-state index contributed by atoms with van der Waals surface area (Å²) in [4.78, 5) is 14.9. The van der Waals surface area contributed by atoms with Crippen LogP contribution in [0.5, 0.6) is 23.0 Å². The Bertz CT molecular complexity index is 960. The van der Waals surface area contributed by atoms with Gasteiger partial charge in [-0.2, -0.15) is 0 Å². The first-order valence-corrected chi connectivity index (χ1v) is 11.9. The molecule has 1 aliphatic rings. The van der Waals surface area contributed by atoms with Gasteiger partial charge in [0.2, 0.25) is 0 Å². The summed E-state index contributed by atoms with van der Waals surface area (Å²) in [5.41, 5.74) is 3.16. The van der Waals surface area contributed by atoms with Crippen molar-refractivity contribution in [3.8, 4) is 23.0 Å². The lowest BCUT2D eigenvalue weighted by Gasteiger charge is -2.35. The first-order valence-electron chi connectivity index (χ1n) is 11.9. The number of unbranched alkanes of at least 4 members (excludes halogenated alkanes) is 1. The highest BCUT2D eigenvalue weighted by Crippen LogP contribution is 2.35. The fourth-order valence-corrected chi connectivity index (χ4v) is 4.60. The van der Waals surface area contributed by atoms with E-state index in [1.165, 1.54) is 11.1 Å². The predicted octanol–water partition coefficient (Wildman–Crippen LogP) is 4.54. The van der Waals surface area contributed by atoms with Crippen molar-refractivity contribution < 1.29 is 28.5 Å².